The molecule has 1 unspecified atom stereocenters. The number of anilines is 2. The first-order valence-electron chi connectivity index (χ1n) is 26.1. The summed E-state index contributed by atoms with van der Waals surface area (Å²) in [7, 11) is -8.10. The lowest BCUT2D eigenvalue weighted by Crippen LogP contribution is -2.54. The molecule has 74 heavy (non-hydrogen) atoms. The lowest BCUT2D eigenvalue weighted by atomic mass is 9.59. The summed E-state index contributed by atoms with van der Waals surface area (Å²) in [6, 6.07) is 20.1. The molecule has 3 atom stereocenters. The largest absolute Gasteiger partial charge is 0.489 e. The highest BCUT2D eigenvalue weighted by Gasteiger charge is 2.50. The van der Waals surface area contributed by atoms with E-state index in [0.29, 0.717) is 54.7 Å². The summed E-state index contributed by atoms with van der Waals surface area (Å²) >= 11 is 0. The Bertz CT molecular complexity index is 3210. The maximum absolute atomic E-state index is 14.4. The van der Waals surface area contributed by atoms with E-state index in [1.807, 2.05) is 0 Å². The molecular weight excluding hydrogens is 987 g/mol. The van der Waals surface area contributed by atoms with Gasteiger partial charge in [-0.25, -0.2) is 21.6 Å². The maximum atomic E-state index is 14.4. The number of rotatable bonds is 13. The summed E-state index contributed by atoms with van der Waals surface area (Å²) < 4.78 is 74.3. The monoisotopic (exact) mass is 1050 g/mol. The van der Waals surface area contributed by atoms with Crippen molar-refractivity contribution in [1.82, 2.24) is 19.6 Å². The fraction of sp³-hybridized carbons (Fsp3) is 0.519. The highest BCUT2D eigenvalue weighted by atomic mass is 32.2. The average molecular weight is 1050 g/mol. The molecule has 394 valence electrons. The van der Waals surface area contributed by atoms with Crippen LogP contribution in [0.5, 0.6) is 23.1 Å². The molecule has 18 nitrogen and oxygen atoms in total. The predicted molar refractivity (Wildman–Crippen MR) is 280 cm³/mol. The topological polar surface area (TPSA) is 236 Å². The van der Waals surface area contributed by atoms with Crippen LogP contribution in [0, 0.1) is 21.4 Å². The number of sulfone groups is 1. The van der Waals surface area contributed by atoms with Gasteiger partial charge in [-0.15, -0.1) is 0 Å². The molecule has 3 aromatic carbocycles. The first-order chi connectivity index (χ1) is 35.3. The van der Waals surface area contributed by atoms with Crippen LogP contribution in [0.1, 0.15) is 125 Å². The Labute approximate surface area is 431 Å². The lowest BCUT2D eigenvalue weighted by molar-refractivity contribution is -0.384. The van der Waals surface area contributed by atoms with Gasteiger partial charge in [-0.2, -0.15) is 4.98 Å². The second kappa shape index (κ2) is 19.3. The van der Waals surface area contributed by atoms with E-state index < -0.39 is 53.0 Å². The van der Waals surface area contributed by atoms with E-state index in [2.05, 4.69) is 67.9 Å². The number of nitrogens with one attached hydrogen (secondary N) is 3. The number of hydrogen-bond acceptors (Lipinski definition) is 15. The second-order valence-electron chi connectivity index (χ2n) is 22.3. The summed E-state index contributed by atoms with van der Waals surface area (Å²) in [4.78, 5) is 38.4. The number of aromatic amines is 1. The highest BCUT2D eigenvalue weighted by Crippen LogP contribution is 2.55. The molecule has 5 aromatic rings. The standard InChI is InChI=1S/C54H65N7O11S2/c1-33(2)40-7-4-5-8-41(40)44-9-6-21-60(44)37-29-54(30-37)18-22-59(23-19-54)36-10-11-42(46(26-36)72-48-25-35-14-20-55-50(35)57-52(48)71-38-15-24-73(66,67)32-38)51(62)58-74(68,69)39-27-45(61(64)65)49-47(28-39)70-31-43(56-49)34-12-16-53(3,63)17-13-34/h4-5,7-8,10-11,14,20,25-28,33-34,37-38,43-44,56,63H,6,9,12-13,15-19,21-24,29-32H2,1-3H3,(H,55,57)(H,58,62)/t34?,38?,43-,44-,53?/m1/s1. The fourth-order valence-electron chi connectivity index (χ4n) is 12.6. The van der Waals surface area contributed by atoms with E-state index in [1.54, 1.807) is 37.4 Å². The normalized spacial score (nSPS) is 25.8. The smallest absolute Gasteiger partial charge is 0.297 e. The second-order valence-corrected chi connectivity index (χ2v) is 26.2. The van der Waals surface area contributed by atoms with E-state index in [0.717, 1.165) is 57.1 Å². The number of aliphatic hydroxyl groups is 1. The van der Waals surface area contributed by atoms with Crippen molar-refractivity contribution < 1.29 is 45.9 Å². The Morgan fingerprint density at radius 3 is 2.49 bits per heavy atom. The van der Waals surface area contributed by atoms with E-state index in [4.69, 9.17) is 14.2 Å². The number of amides is 1. The van der Waals surface area contributed by atoms with E-state index in [1.165, 1.54) is 36.1 Å². The van der Waals surface area contributed by atoms with E-state index in [9.17, 15) is 36.9 Å². The van der Waals surface area contributed by atoms with Gasteiger partial charge in [0.2, 0.25) is 0 Å². The Morgan fingerprint density at radius 1 is 0.986 bits per heavy atom. The van der Waals surface area contributed by atoms with E-state index >= 15 is 0 Å². The van der Waals surface area contributed by atoms with Gasteiger partial charge in [-0.1, -0.05) is 38.1 Å². The van der Waals surface area contributed by atoms with Gasteiger partial charge in [0.1, 0.15) is 24.1 Å². The number of benzene rings is 3. The highest BCUT2D eigenvalue weighted by molar-refractivity contribution is 7.91. The molecule has 3 saturated heterocycles. The Hall–Kier alpha value is -5.96. The molecular formula is C54H65N7O11S2. The number of sulfonamides is 1. The number of carbonyl (C=O) groups is 1. The number of carbonyl (C=O) groups excluding carboxylic acids is 1. The number of nitro benzene ring substituents is 1. The van der Waals surface area contributed by atoms with Gasteiger partial charge in [-0.3, -0.25) is 19.8 Å². The quantitative estimate of drug-likeness (QED) is 0.0637. The number of H-pyrrole nitrogens is 1. The minimum Gasteiger partial charge on any atom is -0.489 e. The van der Waals surface area contributed by atoms with Crippen LogP contribution in [0.25, 0.3) is 11.0 Å². The number of aromatic nitrogens is 2. The number of piperidine rings is 1. The summed E-state index contributed by atoms with van der Waals surface area (Å²) in [6.07, 6.45) is 10.4. The zero-order valence-electron chi connectivity index (χ0n) is 42.0. The zero-order chi connectivity index (χ0) is 51.7. The number of pyridine rings is 1. The SMILES string of the molecule is CC(C)c1ccccc1[C@H]1CCCN1C1CC2(CCN(c3ccc(C(=O)NS(=O)(=O)c4cc5c(c([N+](=O)[O-])c4)N[C@@H](C4CCC(C)(O)CC4)CO5)c(Oc4cc5cc[nH]c5nc4OC4CCS(=O)(=O)C4)c3)CC2)C1. The van der Waals surface area contributed by atoms with Crippen molar-refractivity contribution in [2.24, 2.45) is 11.3 Å². The van der Waals surface area contributed by atoms with Gasteiger partial charge in [0.05, 0.1) is 38.5 Å². The molecule has 2 aromatic heterocycles. The van der Waals surface area contributed by atoms with Gasteiger partial charge in [0.25, 0.3) is 27.5 Å². The molecule has 5 fully saturated rings. The number of likely N-dealkylation sites (tertiary alicyclic amines) is 1. The number of nitro groups is 1. The minimum absolute atomic E-state index is 0.00797. The molecule has 2 aliphatic carbocycles. The summed E-state index contributed by atoms with van der Waals surface area (Å²) in [5.74, 6) is -0.745. The number of fused-ring (bicyclic) bond motifs is 2. The van der Waals surface area contributed by atoms with Crippen molar-refractivity contribution in [3.05, 3.63) is 99.7 Å². The van der Waals surface area contributed by atoms with Crippen molar-refractivity contribution >= 4 is 53.9 Å². The summed E-state index contributed by atoms with van der Waals surface area (Å²) in [5, 5.41) is 26.9. The van der Waals surface area contributed by atoms with Crippen LogP contribution in [0.3, 0.4) is 0 Å². The van der Waals surface area contributed by atoms with Crippen LogP contribution < -0.4 is 29.1 Å². The Balaban J connectivity index is 0.851. The van der Waals surface area contributed by atoms with Crippen LogP contribution in [-0.4, -0.2) is 109 Å². The van der Waals surface area contributed by atoms with Crippen molar-refractivity contribution in [2.75, 3.05) is 48.0 Å². The summed E-state index contributed by atoms with van der Waals surface area (Å²) in [5.41, 5.74) is 2.93. The fourth-order valence-corrected chi connectivity index (χ4v) is 15.2. The van der Waals surface area contributed by atoms with Gasteiger partial charge < -0.3 is 34.5 Å². The van der Waals surface area contributed by atoms with Gasteiger partial charge in [0, 0.05) is 60.6 Å². The molecule has 6 aliphatic rings. The van der Waals surface area contributed by atoms with Crippen LogP contribution in [-0.2, 0) is 19.9 Å². The molecule has 20 heteroatoms. The van der Waals surface area contributed by atoms with Crippen LogP contribution in [0.4, 0.5) is 17.1 Å². The third-order valence-corrected chi connectivity index (χ3v) is 19.9. The third kappa shape index (κ3) is 10.0. The molecule has 2 saturated carbocycles. The van der Waals surface area contributed by atoms with Crippen molar-refractivity contribution in [3.63, 3.8) is 0 Å². The van der Waals surface area contributed by atoms with Crippen molar-refractivity contribution in [1.29, 1.82) is 0 Å². The molecule has 1 spiro atoms. The maximum Gasteiger partial charge on any atom is 0.297 e. The van der Waals surface area contributed by atoms with Gasteiger partial charge >= 0.3 is 0 Å². The lowest BCUT2D eigenvalue weighted by Gasteiger charge is -2.56. The average Bonchev–Trinajstić information content (AvgIpc) is 4.12. The Kier molecular flexibility index (Phi) is 13.1. The molecule has 11 rings (SSSR count). The molecule has 6 heterocycles. The van der Waals surface area contributed by atoms with Crippen LogP contribution in [0.2, 0.25) is 0 Å². The first kappa shape index (κ1) is 50.2. The zero-order valence-corrected chi connectivity index (χ0v) is 43.7. The molecule has 4 N–H and O–H groups in total. The van der Waals surface area contributed by atoms with Crippen LogP contribution in [0.15, 0.2) is 77.8 Å². The van der Waals surface area contributed by atoms with Gasteiger partial charge in [-0.05, 0) is 137 Å². The minimum atomic E-state index is -4.77. The molecule has 0 bridgehead atoms. The first-order valence-corrected chi connectivity index (χ1v) is 29.4. The van der Waals surface area contributed by atoms with E-state index in [-0.39, 0.29) is 76.3 Å². The predicted octanol–water partition coefficient (Wildman–Crippen LogP) is 8.77. The van der Waals surface area contributed by atoms with Gasteiger partial charge in [0.15, 0.2) is 27.0 Å². The van der Waals surface area contributed by atoms with Crippen molar-refractivity contribution in [2.45, 2.75) is 132 Å². The molecule has 0 radical (unpaired) electrons. The third-order valence-electron chi connectivity index (χ3n) is 16.8. The number of nitrogens with zero attached hydrogens (tertiary/aromatic N) is 4. The molecule has 4 aliphatic heterocycles. The molecule has 1 amide bonds. The van der Waals surface area contributed by atoms with Crippen molar-refractivity contribution in [3.8, 4) is 23.1 Å². The number of hydrogen-bond donors (Lipinski definition) is 4. The number of ether oxygens (including phenoxy) is 3. The Morgan fingerprint density at radius 2 is 1.76 bits per heavy atom. The van der Waals surface area contributed by atoms with Crippen LogP contribution >= 0.6 is 0 Å². The summed E-state index contributed by atoms with van der Waals surface area (Å²) in [6.45, 7) is 9.08.